The monoisotopic (exact) mass is 408 g/mol. The molecular formula is C22H17ClN2O2S. The second-order valence-electron chi connectivity index (χ2n) is 6.38. The van der Waals surface area contributed by atoms with Crippen LogP contribution >= 0.6 is 23.4 Å². The summed E-state index contributed by atoms with van der Waals surface area (Å²) in [5, 5.41) is 11.2. The van der Waals surface area contributed by atoms with Crippen LogP contribution in [0.5, 0.6) is 0 Å². The number of hydrogen-bond donors (Lipinski definition) is 1. The summed E-state index contributed by atoms with van der Waals surface area (Å²) in [4.78, 5) is 17.3. The maximum Gasteiger partial charge on any atom is 0.168 e. The van der Waals surface area contributed by atoms with Crippen LogP contribution in [0.3, 0.4) is 0 Å². The molecule has 2 aromatic heterocycles. The Morgan fingerprint density at radius 1 is 1.18 bits per heavy atom. The number of aldehydes is 1. The topological polar surface area (TPSA) is 55.1 Å². The second-order valence-corrected chi connectivity index (χ2v) is 7.90. The van der Waals surface area contributed by atoms with Gasteiger partial charge in [-0.3, -0.25) is 9.78 Å². The molecule has 6 heteroatoms. The minimum Gasteiger partial charge on any atom is -0.392 e. The van der Waals surface area contributed by atoms with E-state index in [1.165, 1.54) is 0 Å². The van der Waals surface area contributed by atoms with Gasteiger partial charge in [-0.05, 0) is 48.9 Å². The first-order chi connectivity index (χ1) is 13.6. The van der Waals surface area contributed by atoms with Crippen molar-refractivity contribution in [2.45, 2.75) is 23.3 Å². The number of nitrogens with zero attached hydrogens (tertiary/aromatic N) is 2. The van der Waals surface area contributed by atoms with Crippen molar-refractivity contribution >= 4 is 40.6 Å². The molecule has 28 heavy (non-hydrogen) atoms. The van der Waals surface area contributed by atoms with E-state index >= 15 is 0 Å². The molecule has 2 heterocycles. The highest BCUT2D eigenvalue weighted by Crippen LogP contribution is 2.40. The van der Waals surface area contributed by atoms with E-state index < -0.39 is 0 Å². The number of carbonyl (C=O) groups excluding carboxylic acids is 1. The van der Waals surface area contributed by atoms with Gasteiger partial charge in [-0.25, -0.2) is 0 Å². The van der Waals surface area contributed by atoms with Crippen molar-refractivity contribution in [3.8, 4) is 5.69 Å². The summed E-state index contributed by atoms with van der Waals surface area (Å²) in [6.45, 7) is 2.07. The van der Waals surface area contributed by atoms with Gasteiger partial charge in [-0.2, -0.15) is 0 Å². The summed E-state index contributed by atoms with van der Waals surface area (Å²) < 4.78 is 2.10. The number of aliphatic hydroxyl groups excluding tert-OH is 1. The van der Waals surface area contributed by atoms with Gasteiger partial charge in [0.15, 0.2) is 6.29 Å². The highest BCUT2D eigenvalue weighted by atomic mass is 35.5. The zero-order valence-corrected chi connectivity index (χ0v) is 16.7. The zero-order chi connectivity index (χ0) is 19.7. The largest absolute Gasteiger partial charge is 0.392 e. The molecule has 0 radical (unpaired) electrons. The predicted octanol–water partition coefficient (Wildman–Crippen LogP) is 5.44. The standard InChI is InChI=1S/C22H17ClN2O2S/c1-14-22(28-19-4-2-3-15(9-19)12-26)20-8-5-16(23)10-21(20)25(14)18-7-6-17(13-27)24-11-18/h2-11,13,26H,12H2,1H3. The van der Waals surface area contributed by atoms with E-state index in [9.17, 15) is 9.90 Å². The first-order valence-electron chi connectivity index (χ1n) is 8.70. The average Bonchev–Trinajstić information content (AvgIpc) is 2.99. The van der Waals surface area contributed by atoms with E-state index in [0.717, 1.165) is 43.9 Å². The molecule has 0 saturated carbocycles. The smallest absolute Gasteiger partial charge is 0.168 e. The van der Waals surface area contributed by atoms with Crippen LogP contribution in [0.2, 0.25) is 5.02 Å². The van der Waals surface area contributed by atoms with E-state index in [-0.39, 0.29) is 6.61 Å². The fourth-order valence-corrected chi connectivity index (χ4v) is 4.53. The molecule has 0 amide bonds. The van der Waals surface area contributed by atoms with Crippen LogP contribution in [0.25, 0.3) is 16.6 Å². The molecule has 4 rings (SSSR count). The lowest BCUT2D eigenvalue weighted by Crippen LogP contribution is -1.98. The van der Waals surface area contributed by atoms with E-state index in [1.54, 1.807) is 24.0 Å². The van der Waals surface area contributed by atoms with Gasteiger partial charge in [0.25, 0.3) is 0 Å². The fourth-order valence-electron chi connectivity index (χ4n) is 3.25. The zero-order valence-electron chi connectivity index (χ0n) is 15.1. The van der Waals surface area contributed by atoms with Crippen molar-refractivity contribution < 1.29 is 9.90 Å². The minimum atomic E-state index is 0.0134. The van der Waals surface area contributed by atoms with E-state index in [1.807, 2.05) is 48.5 Å². The van der Waals surface area contributed by atoms with E-state index in [2.05, 4.69) is 16.5 Å². The first-order valence-corrected chi connectivity index (χ1v) is 9.90. The van der Waals surface area contributed by atoms with Crippen molar-refractivity contribution in [3.63, 3.8) is 0 Å². The van der Waals surface area contributed by atoms with Crippen LogP contribution in [0.15, 0.2) is 70.6 Å². The summed E-state index contributed by atoms with van der Waals surface area (Å²) in [6.07, 6.45) is 2.43. The van der Waals surface area contributed by atoms with Crippen molar-refractivity contribution in [2.24, 2.45) is 0 Å². The Morgan fingerprint density at radius 3 is 2.75 bits per heavy atom. The number of hydrogen-bond acceptors (Lipinski definition) is 4. The van der Waals surface area contributed by atoms with E-state index in [4.69, 9.17) is 11.6 Å². The minimum absolute atomic E-state index is 0.0134. The van der Waals surface area contributed by atoms with Crippen molar-refractivity contribution in [1.29, 1.82) is 0 Å². The Bertz CT molecular complexity index is 1170. The molecule has 0 bridgehead atoms. The number of benzene rings is 2. The molecule has 0 aliphatic rings. The molecule has 1 N–H and O–H groups in total. The Balaban J connectivity index is 1.89. The van der Waals surface area contributed by atoms with Gasteiger partial charge in [0.1, 0.15) is 5.69 Å². The normalized spacial score (nSPS) is 11.1. The fraction of sp³-hybridized carbons (Fsp3) is 0.0909. The Morgan fingerprint density at radius 2 is 2.04 bits per heavy atom. The number of halogens is 1. The number of aliphatic hydroxyl groups is 1. The number of carbonyl (C=O) groups is 1. The van der Waals surface area contributed by atoms with Crippen LogP contribution in [0.4, 0.5) is 0 Å². The van der Waals surface area contributed by atoms with Crippen LogP contribution in [0.1, 0.15) is 21.7 Å². The molecule has 0 fully saturated rings. The molecule has 0 saturated heterocycles. The molecule has 140 valence electrons. The van der Waals surface area contributed by atoms with Crippen LogP contribution in [0, 0.1) is 6.92 Å². The van der Waals surface area contributed by atoms with Gasteiger partial charge in [0.05, 0.1) is 24.0 Å². The number of aromatic nitrogens is 2. The third kappa shape index (κ3) is 3.44. The van der Waals surface area contributed by atoms with Gasteiger partial charge in [0.2, 0.25) is 0 Å². The lowest BCUT2D eigenvalue weighted by atomic mass is 10.2. The van der Waals surface area contributed by atoms with Gasteiger partial charge in [-0.15, -0.1) is 0 Å². The Kier molecular flexibility index (Phi) is 5.22. The van der Waals surface area contributed by atoms with Gasteiger partial charge >= 0.3 is 0 Å². The number of fused-ring (bicyclic) bond motifs is 1. The van der Waals surface area contributed by atoms with Gasteiger partial charge < -0.3 is 9.67 Å². The molecular weight excluding hydrogens is 392 g/mol. The van der Waals surface area contributed by atoms with Crippen LogP contribution in [-0.4, -0.2) is 20.9 Å². The maximum atomic E-state index is 10.9. The molecule has 0 unspecified atom stereocenters. The first kappa shape index (κ1) is 18.7. The summed E-state index contributed by atoms with van der Waals surface area (Å²) in [5.41, 5.74) is 4.17. The van der Waals surface area contributed by atoms with E-state index in [0.29, 0.717) is 10.7 Å². The average molecular weight is 409 g/mol. The highest BCUT2D eigenvalue weighted by Gasteiger charge is 2.17. The third-order valence-corrected chi connectivity index (χ3v) is 6.00. The van der Waals surface area contributed by atoms with Gasteiger partial charge in [-0.1, -0.05) is 41.6 Å². The molecule has 0 spiro atoms. The maximum absolute atomic E-state index is 10.9. The lowest BCUT2D eigenvalue weighted by Gasteiger charge is -2.09. The summed E-state index contributed by atoms with van der Waals surface area (Å²) in [6, 6.07) is 17.3. The SMILES string of the molecule is Cc1c(Sc2cccc(CO)c2)c2ccc(Cl)cc2n1-c1ccc(C=O)nc1. The van der Waals surface area contributed by atoms with Crippen molar-refractivity contribution in [1.82, 2.24) is 9.55 Å². The Labute approximate surface area is 171 Å². The van der Waals surface area contributed by atoms with Crippen molar-refractivity contribution in [3.05, 3.63) is 82.8 Å². The number of rotatable bonds is 5. The molecule has 4 aromatic rings. The van der Waals surface area contributed by atoms with Gasteiger partial charge in [0, 0.05) is 25.9 Å². The van der Waals surface area contributed by atoms with Crippen LogP contribution in [-0.2, 0) is 6.61 Å². The second kappa shape index (κ2) is 7.80. The summed E-state index contributed by atoms with van der Waals surface area (Å²) in [5.74, 6) is 0. The molecule has 4 nitrogen and oxygen atoms in total. The third-order valence-electron chi connectivity index (χ3n) is 4.56. The summed E-state index contributed by atoms with van der Waals surface area (Å²) in [7, 11) is 0. The van der Waals surface area contributed by atoms with Crippen molar-refractivity contribution in [2.75, 3.05) is 0 Å². The molecule has 0 atom stereocenters. The predicted molar refractivity (Wildman–Crippen MR) is 113 cm³/mol. The lowest BCUT2D eigenvalue weighted by molar-refractivity contribution is 0.111. The quantitative estimate of drug-likeness (QED) is 0.446. The highest BCUT2D eigenvalue weighted by molar-refractivity contribution is 7.99. The molecule has 2 aromatic carbocycles. The van der Waals surface area contributed by atoms with Crippen LogP contribution < -0.4 is 0 Å². The molecule has 0 aliphatic carbocycles. The molecule has 0 aliphatic heterocycles. The Hall–Kier alpha value is -2.60. The number of pyridine rings is 1. The summed E-state index contributed by atoms with van der Waals surface area (Å²) >= 11 is 7.93.